The van der Waals surface area contributed by atoms with Crippen LogP contribution in [0.5, 0.6) is 0 Å². The first kappa shape index (κ1) is 24.6. The van der Waals surface area contributed by atoms with Gasteiger partial charge in [-0.2, -0.15) is 0 Å². The smallest absolute Gasteiger partial charge is 0.405 e. The molecule has 0 fully saturated rings. The van der Waals surface area contributed by atoms with Gasteiger partial charge in [-0.25, -0.2) is 22.7 Å². The summed E-state index contributed by atoms with van der Waals surface area (Å²) in [6.07, 6.45) is -0.0987. The number of hydrogen-bond donors (Lipinski definition) is 2. The number of thioether (sulfide) groups is 1. The lowest BCUT2D eigenvalue weighted by atomic mass is 9.94. The van der Waals surface area contributed by atoms with Gasteiger partial charge in [0.1, 0.15) is 21.0 Å². The van der Waals surface area contributed by atoms with Crippen molar-refractivity contribution < 1.29 is 27.1 Å². The minimum Gasteiger partial charge on any atom is -0.441 e. The summed E-state index contributed by atoms with van der Waals surface area (Å²) in [4.78, 5) is 25.6. The van der Waals surface area contributed by atoms with E-state index < -0.39 is 38.8 Å². The highest BCUT2D eigenvalue weighted by Crippen LogP contribution is 2.42. The van der Waals surface area contributed by atoms with Crippen LogP contribution < -0.4 is 10.9 Å². The van der Waals surface area contributed by atoms with Crippen LogP contribution in [0.25, 0.3) is 0 Å². The third-order valence-corrected chi connectivity index (χ3v) is 8.11. The van der Waals surface area contributed by atoms with Gasteiger partial charge in [-0.1, -0.05) is 41.5 Å². The van der Waals surface area contributed by atoms with Crippen LogP contribution in [0.2, 0.25) is 0 Å². The number of primary sulfonamides is 1. The van der Waals surface area contributed by atoms with Crippen molar-refractivity contribution in [2.24, 2.45) is 10.9 Å². The molecule has 1 aliphatic rings. The van der Waals surface area contributed by atoms with E-state index in [1.807, 2.05) is 13.8 Å². The second-order valence-corrected chi connectivity index (χ2v) is 11.3. The maximum Gasteiger partial charge on any atom is 0.405 e. The molecule has 0 saturated carbocycles. The Labute approximate surface area is 187 Å². The molecule has 12 heteroatoms. The van der Waals surface area contributed by atoms with E-state index in [0.29, 0.717) is 15.6 Å². The lowest BCUT2D eigenvalue weighted by Crippen LogP contribution is -2.49. The number of primary amides is 1. The molecule has 0 saturated heterocycles. The molecule has 0 bridgehead atoms. The molecule has 1 unspecified atom stereocenters. The predicted octanol–water partition coefficient (Wildman–Crippen LogP) is 3.12. The zero-order chi connectivity index (χ0) is 23.0. The molecule has 0 spiro atoms. The highest BCUT2D eigenvalue weighted by atomic mass is 79.9. The Bertz CT molecular complexity index is 1010. The number of benzene rings is 1. The van der Waals surface area contributed by atoms with Gasteiger partial charge in [0.15, 0.2) is 0 Å². The molecule has 1 aromatic rings. The molecule has 0 aromatic heterocycles. The molecule has 2 amide bonds. The number of carbonyl (C=O) groups is 2. The Hall–Kier alpha value is -1.63. The SMILES string of the molecule is CC(C)c1cc(F)cc(Br)c1CC(=O)N1C=C(S(N)(=O)=O)SC1C(C)(C)OC(N)=O. The van der Waals surface area contributed by atoms with Gasteiger partial charge in [-0.3, -0.25) is 9.69 Å². The monoisotopic (exact) mass is 523 g/mol. The normalized spacial score (nSPS) is 17.3. The van der Waals surface area contributed by atoms with E-state index in [2.05, 4.69) is 15.9 Å². The molecule has 0 aliphatic carbocycles. The topological polar surface area (TPSA) is 133 Å². The van der Waals surface area contributed by atoms with Crippen LogP contribution in [-0.2, 0) is 26.0 Å². The largest absolute Gasteiger partial charge is 0.441 e. The van der Waals surface area contributed by atoms with Crippen molar-refractivity contribution in [1.82, 2.24) is 4.90 Å². The molecule has 166 valence electrons. The minimum absolute atomic E-state index is 0.0614. The summed E-state index contributed by atoms with van der Waals surface area (Å²) in [5.74, 6) is -0.987. The Balaban J connectivity index is 2.46. The highest BCUT2D eigenvalue weighted by molar-refractivity contribution is 9.10. The van der Waals surface area contributed by atoms with E-state index in [1.165, 1.54) is 26.0 Å². The second kappa shape index (κ2) is 8.85. The number of hydrogen-bond acceptors (Lipinski definition) is 6. The van der Waals surface area contributed by atoms with Crippen LogP contribution in [0.15, 0.2) is 27.0 Å². The molecular formula is C18H23BrFN3O5S2. The first-order valence-corrected chi connectivity index (χ1v) is 12.0. The number of halogens is 2. The Morgan fingerprint density at radius 3 is 2.47 bits per heavy atom. The summed E-state index contributed by atoms with van der Waals surface area (Å²) < 4.78 is 42.9. The molecular weight excluding hydrogens is 501 g/mol. The van der Waals surface area contributed by atoms with Gasteiger partial charge in [0, 0.05) is 10.7 Å². The standard InChI is InChI=1S/C18H23BrFN3O5S2/c1-9(2)11-5-10(20)6-13(19)12(11)7-14(24)23-8-15(30(22,26)27)29-16(23)18(3,4)28-17(21)25/h5-6,8-9,16H,7H2,1-4H3,(H2,21,25)(H2,22,26,27). The van der Waals surface area contributed by atoms with Crippen LogP contribution in [0.1, 0.15) is 44.7 Å². The minimum atomic E-state index is -4.10. The fourth-order valence-corrected chi connectivity index (χ4v) is 5.75. The van der Waals surface area contributed by atoms with Gasteiger partial charge in [0.05, 0.1) is 6.42 Å². The van der Waals surface area contributed by atoms with Crippen LogP contribution in [-0.4, -0.2) is 36.3 Å². The van der Waals surface area contributed by atoms with E-state index in [-0.39, 0.29) is 16.6 Å². The van der Waals surface area contributed by atoms with Gasteiger partial charge in [-0.15, -0.1) is 0 Å². The summed E-state index contributed by atoms with van der Waals surface area (Å²) in [5.41, 5.74) is 5.02. The number of ether oxygens (including phenoxy) is 1. The summed E-state index contributed by atoms with van der Waals surface area (Å²) >= 11 is 4.08. The maximum absolute atomic E-state index is 13.8. The summed E-state index contributed by atoms with van der Waals surface area (Å²) in [6, 6.07) is 2.62. The average molecular weight is 524 g/mol. The predicted molar refractivity (Wildman–Crippen MR) is 116 cm³/mol. The molecule has 8 nitrogen and oxygen atoms in total. The molecule has 30 heavy (non-hydrogen) atoms. The summed E-state index contributed by atoms with van der Waals surface area (Å²) in [7, 11) is -4.10. The van der Waals surface area contributed by atoms with Crippen molar-refractivity contribution in [3.63, 3.8) is 0 Å². The fraction of sp³-hybridized carbons (Fsp3) is 0.444. The molecule has 1 aliphatic heterocycles. The first-order valence-electron chi connectivity index (χ1n) is 8.82. The molecule has 1 atom stereocenters. The molecule has 4 N–H and O–H groups in total. The molecule has 1 heterocycles. The Morgan fingerprint density at radius 2 is 1.97 bits per heavy atom. The van der Waals surface area contributed by atoms with E-state index in [9.17, 15) is 22.4 Å². The number of sulfonamides is 1. The van der Waals surface area contributed by atoms with Crippen LogP contribution in [0.3, 0.4) is 0 Å². The lowest BCUT2D eigenvalue weighted by Gasteiger charge is -2.35. The number of nitrogens with zero attached hydrogens (tertiary/aromatic N) is 1. The van der Waals surface area contributed by atoms with Gasteiger partial charge in [-0.05, 0) is 43.0 Å². The van der Waals surface area contributed by atoms with Gasteiger partial charge in [0.2, 0.25) is 15.9 Å². The maximum atomic E-state index is 13.8. The quantitative estimate of drug-likeness (QED) is 0.588. The van der Waals surface area contributed by atoms with Crippen molar-refractivity contribution in [3.05, 3.63) is 44.0 Å². The van der Waals surface area contributed by atoms with Crippen LogP contribution in [0, 0.1) is 5.82 Å². The fourth-order valence-electron chi connectivity index (χ4n) is 3.08. The lowest BCUT2D eigenvalue weighted by molar-refractivity contribution is -0.131. The molecule has 2 rings (SSSR count). The highest BCUT2D eigenvalue weighted by Gasteiger charge is 2.45. The van der Waals surface area contributed by atoms with E-state index in [0.717, 1.165) is 22.9 Å². The average Bonchev–Trinajstić information content (AvgIpc) is 3.02. The number of amides is 2. The first-order chi connectivity index (χ1) is 13.6. The molecule has 1 aromatic carbocycles. The third-order valence-electron chi connectivity index (χ3n) is 4.40. The Morgan fingerprint density at radius 1 is 1.37 bits per heavy atom. The van der Waals surface area contributed by atoms with Crippen molar-refractivity contribution in [2.75, 3.05) is 0 Å². The van der Waals surface area contributed by atoms with Crippen LogP contribution >= 0.6 is 27.7 Å². The zero-order valence-electron chi connectivity index (χ0n) is 16.8. The third kappa shape index (κ3) is 5.54. The van der Waals surface area contributed by atoms with Crippen molar-refractivity contribution in [3.8, 4) is 0 Å². The Kier molecular flexibility index (Phi) is 7.27. The number of rotatable bonds is 6. The van der Waals surface area contributed by atoms with Crippen LogP contribution in [0.4, 0.5) is 9.18 Å². The van der Waals surface area contributed by atoms with Crippen molar-refractivity contribution >= 4 is 49.7 Å². The zero-order valence-corrected chi connectivity index (χ0v) is 20.0. The number of nitrogens with two attached hydrogens (primary N) is 2. The molecule has 0 radical (unpaired) electrons. The summed E-state index contributed by atoms with van der Waals surface area (Å²) in [6.45, 7) is 6.74. The van der Waals surface area contributed by atoms with E-state index in [1.54, 1.807) is 0 Å². The van der Waals surface area contributed by atoms with E-state index >= 15 is 0 Å². The van der Waals surface area contributed by atoms with E-state index in [4.69, 9.17) is 15.6 Å². The van der Waals surface area contributed by atoms with Gasteiger partial charge >= 0.3 is 6.09 Å². The number of carbonyl (C=O) groups excluding carboxylic acids is 2. The van der Waals surface area contributed by atoms with Crippen molar-refractivity contribution in [1.29, 1.82) is 0 Å². The van der Waals surface area contributed by atoms with Gasteiger partial charge < -0.3 is 10.5 Å². The van der Waals surface area contributed by atoms with Crippen molar-refractivity contribution in [2.45, 2.75) is 51.0 Å². The second-order valence-electron chi connectivity index (χ2n) is 7.58. The summed E-state index contributed by atoms with van der Waals surface area (Å²) in [5, 5.41) is 4.31. The van der Waals surface area contributed by atoms with Gasteiger partial charge in [0.25, 0.3) is 0 Å².